The summed E-state index contributed by atoms with van der Waals surface area (Å²) >= 11 is 6.97. The Bertz CT molecular complexity index is 1410. The quantitative estimate of drug-likeness (QED) is 0.386. The summed E-state index contributed by atoms with van der Waals surface area (Å²) < 4.78 is 28.6. The van der Waals surface area contributed by atoms with E-state index in [1.54, 1.807) is 30.3 Å². The van der Waals surface area contributed by atoms with Gasteiger partial charge < -0.3 is 4.74 Å². The van der Waals surface area contributed by atoms with Crippen molar-refractivity contribution in [3.63, 3.8) is 0 Å². The molecular formula is C21H15ClN4O5S2. The van der Waals surface area contributed by atoms with E-state index in [4.69, 9.17) is 21.7 Å². The van der Waals surface area contributed by atoms with Gasteiger partial charge in [0.05, 0.1) is 16.2 Å². The van der Waals surface area contributed by atoms with Crippen LogP contribution in [0.15, 0.2) is 58.1 Å². The van der Waals surface area contributed by atoms with Gasteiger partial charge in [-0.1, -0.05) is 35.4 Å². The number of carbonyl (C=O) groups excluding carboxylic acids is 2. The van der Waals surface area contributed by atoms with E-state index in [2.05, 4.69) is 10.1 Å². The van der Waals surface area contributed by atoms with Gasteiger partial charge in [0.15, 0.2) is 5.84 Å². The molecule has 2 aliphatic heterocycles. The fourth-order valence-electron chi connectivity index (χ4n) is 2.83. The molecule has 0 fully saturated rings. The highest BCUT2D eigenvalue weighted by molar-refractivity contribution is 8.42. The largest absolute Gasteiger partial charge is 0.421 e. The van der Waals surface area contributed by atoms with E-state index in [9.17, 15) is 18.0 Å². The number of aryl methyl sites for hydroxylation is 1. The number of aliphatic imine (C=N–C) groups is 1. The van der Waals surface area contributed by atoms with Crippen LogP contribution in [-0.2, 0) is 14.6 Å². The Morgan fingerprint density at radius 3 is 2.55 bits per heavy atom. The molecule has 2 heterocycles. The fraction of sp³-hybridized carbons (Fsp3) is 0.0952. The van der Waals surface area contributed by atoms with Crippen LogP contribution in [0.2, 0.25) is 5.02 Å². The Hall–Kier alpha value is -3.28. The molecule has 33 heavy (non-hydrogen) atoms. The normalized spacial score (nSPS) is 17.1. The predicted molar refractivity (Wildman–Crippen MR) is 127 cm³/mol. The molecule has 1 N–H and O–H groups in total. The Kier molecular flexibility index (Phi) is 5.95. The number of nitrogens with one attached hydrogen (secondary N) is 1. The maximum atomic E-state index is 12.4. The minimum atomic E-state index is -3.62. The summed E-state index contributed by atoms with van der Waals surface area (Å²) in [4.78, 5) is 28.6. The number of sulfone groups is 1. The van der Waals surface area contributed by atoms with Gasteiger partial charge >= 0.3 is 5.97 Å². The minimum absolute atomic E-state index is 0.000951. The Labute approximate surface area is 198 Å². The van der Waals surface area contributed by atoms with Crippen LogP contribution in [0.4, 0.5) is 0 Å². The van der Waals surface area contributed by atoms with Crippen molar-refractivity contribution >= 4 is 66.5 Å². The van der Waals surface area contributed by atoms with Gasteiger partial charge in [-0.2, -0.15) is 10.0 Å². The molecule has 168 valence electrons. The summed E-state index contributed by atoms with van der Waals surface area (Å²) in [6, 6.07) is 11.4. The number of hydrogen-bond acceptors (Lipinski definition) is 8. The highest BCUT2D eigenvalue weighted by Gasteiger charge is 2.38. The highest BCUT2D eigenvalue weighted by Crippen LogP contribution is 2.31. The van der Waals surface area contributed by atoms with Crippen LogP contribution in [0, 0.1) is 12.3 Å². The second kappa shape index (κ2) is 8.58. The van der Waals surface area contributed by atoms with Gasteiger partial charge in [0, 0.05) is 6.26 Å². The first-order valence-electron chi connectivity index (χ1n) is 9.31. The van der Waals surface area contributed by atoms with Crippen LogP contribution >= 0.6 is 23.4 Å². The lowest BCUT2D eigenvalue weighted by molar-refractivity contribution is -0.114. The zero-order chi connectivity index (χ0) is 23.9. The molecule has 0 aromatic heterocycles. The first kappa shape index (κ1) is 22.9. The zero-order valence-electron chi connectivity index (χ0n) is 17.2. The number of ether oxygens (including phenoxy) is 1. The molecule has 12 heteroatoms. The van der Waals surface area contributed by atoms with E-state index in [1.807, 2.05) is 6.92 Å². The van der Waals surface area contributed by atoms with Crippen molar-refractivity contribution in [2.24, 2.45) is 10.1 Å². The Morgan fingerprint density at radius 1 is 1.21 bits per heavy atom. The van der Waals surface area contributed by atoms with E-state index in [-0.39, 0.29) is 31.7 Å². The monoisotopic (exact) mass is 502 g/mol. The highest BCUT2D eigenvalue weighted by atomic mass is 35.5. The van der Waals surface area contributed by atoms with Crippen molar-refractivity contribution in [1.29, 1.82) is 5.41 Å². The molecule has 0 atom stereocenters. The molecule has 0 saturated carbocycles. The lowest BCUT2D eigenvalue weighted by atomic mass is 10.1. The second-order valence-electron chi connectivity index (χ2n) is 7.10. The van der Waals surface area contributed by atoms with Gasteiger partial charge in [-0.25, -0.2) is 13.2 Å². The van der Waals surface area contributed by atoms with Crippen LogP contribution in [-0.4, -0.2) is 46.9 Å². The molecule has 0 aliphatic carbocycles. The minimum Gasteiger partial charge on any atom is -0.421 e. The molecule has 0 saturated heterocycles. The number of nitrogens with zero attached hydrogens (tertiary/aromatic N) is 3. The van der Waals surface area contributed by atoms with Crippen LogP contribution in [0.5, 0.6) is 5.75 Å². The summed E-state index contributed by atoms with van der Waals surface area (Å²) in [5.74, 6) is -1.47. The average Bonchev–Trinajstić information content (AvgIpc) is 3.18. The van der Waals surface area contributed by atoms with Gasteiger partial charge in [-0.3, -0.25) is 10.2 Å². The van der Waals surface area contributed by atoms with Crippen LogP contribution < -0.4 is 4.74 Å². The van der Waals surface area contributed by atoms with Crippen LogP contribution in [0.1, 0.15) is 21.5 Å². The van der Waals surface area contributed by atoms with Gasteiger partial charge in [0.25, 0.3) is 5.91 Å². The number of hydrogen-bond donors (Lipinski definition) is 1. The molecular weight excluding hydrogens is 488 g/mol. The molecule has 0 spiro atoms. The zero-order valence-corrected chi connectivity index (χ0v) is 19.6. The van der Waals surface area contributed by atoms with E-state index in [1.165, 1.54) is 18.2 Å². The summed E-state index contributed by atoms with van der Waals surface area (Å²) in [6.07, 6.45) is 2.36. The summed E-state index contributed by atoms with van der Waals surface area (Å²) in [6.45, 7) is 1.90. The number of halogens is 1. The number of hydrazone groups is 1. The third kappa shape index (κ3) is 4.75. The van der Waals surface area contributed by atoms with Gasteiger partial charge in [-0.15, -0.1) is 5.10 Å². The molecule has 2 aromatic rings. The number of amides is 1. The molecule has 2 aliphatic rings. The van der Waals surface area contributed by atoms with Crippen molar-refractivity contribution in [3.05, 3.63) is 69.8 Å². The number of rotatable bonds is 3. The smallest absolute Gasteiger partial charge is 0.343 e. The molecule has 9 nitrogen and oxygen atoms in total. The van der Waals surface area contributed by atoms with Gasteiger partial charge in [-0.05, 0) is 54.6 Å². The maximum Gasteiger partial charge on any atom is 0.343 e. The molecule has 0 unspecified atom stereocenters. The number of amidine groups is 2. The van der Waals surface area contributed by atoms with Gasteiger partial charge in [0.1, 0.15) is 5.75 Å². The third-order valence-electron chi connectivity index (χ3n) is 4.51. The van der Waals surface area contributed by atoms with Crippen molar-refractivity contribution < 1.29 is 22.7 Å². The van der Waals surface area contributed by atoms with E-state index in [0.29, 0.717) is 22.9 Å². The predicted octanol–water partition coefficient (Wildman–Crippen LogP) is 3.49. The Balaban J connectivity index is 1.57. The number of esters is 1. The fourth-order valence-corrected chi connectivity index (χ4v) is 4.74. The van der Waals surface area contributed by atoms with Gasteiger partial charge in [0.2, 0.25) is 19.4 Å². The average molecular weight is 503 g/mol. The summed E-state index contributed by atoms with van der Waals surface area (Å²) in [5.41, 5.74) is 1.72. The number of fused-ring (bicyclic) bond motifs is 1. The molecule has 4 rings (SSSR count). The van der Waals surface area contributed by atoms with Crippen LogP contribution in [0.25, 0.3) is 6.08 Å². The standard InChI is InChI=1S/C21H15ClN4O5S2/c1-11-3-6-13(7-4-11)19(28)31-16-8-5-12(10-15(16)22)9-14-17(23)26-20(24-18(14)27)32-21(25-26)33(2,29)30/h3-10,23H,1-2H3/b14-9-,23-17?. The van der Waals surface area contributed by atoms with Crippen molar-refractivity contribution in [1.82, 2.24) is 5.01 Å². The topological polar surface area (TPSA) is 129 Å². The maximum absolute atomic E-state index is 12.4. The Morgan fingerprint density at radius 2 is 1.91 bits per heavy atom. The number of thioether (sulfide) groups is 1. The first-order chi connectivity index (χ1) is 15.5. The lowest BCUT2D eigenvalue weighted by Crippen LogP contribution is -2.35. The molecule has 1 amide bonds. The second-order valence-corrected chi connectivity index (χ2v) is 10.7. The number of benzene rings is 2. The summed E-state index contributed by atoms with van der Waals surface area (Å²) in [7, 11) is -3.62. The van der Waals surface area contributed by atoms with Crippen molar-refractivity contribution in [3.8, 4) is 5.75 Å². The third-order valence-corrected chi connectivity index (χ3v) is 7.38. The molecule has 2 aromatic carbocycles. The first-order valence-corrected chi connectivity index (χ1v) is 12.4. The SMILES string of the molecule is Cc1ccc(C(=O)Oc2ccc(/C=C3/C(=N)N4N=C(S(C)(=O)=O)SC4=NC3=O)cc2Cl)cc1. The molecule has 0 radical (unpaired) electrons. The van der Waals surface area contributed by atoms with E-state index in [0.717, 1.165) is 16.8 Å². The van der Waals surface area contributed by atoms with Crippen molar-refractivity contribution in [2.75, 3.05) is 6.26 Å². The molecule has 0 bridgehead atoms. The van der Waals surface area contributed by atoms with E-state index >= 15 is 0 Å². The summed E-state index contributed by atoms with van der Waals surface area (Å²) in [5, 5.41) is 13.3. The lowest BCUT2D eigenvalue weighted by Gasteiger charge is -2.20. The number of carbonyl (C=O) groups is 2. The van der Waals surface area contributed by atoms with E-state index < -0.39 is 21.7 Å². The van der Waals surface area contributed by atoms with Crippen molar-refractivity contribution in [2.45, 2.75) is 6.92 Å². The van der Waals surface area contributed by atoms with Crippen LogP contribution in [0.3, 0.4) is 0 Å².